The fourth-order valence-corrected chi connectivity index (χ4v) is 3.27. The SMILES string of the molecule is COC(=O)C(C)(C)S(=O)Cc1ccc(-c2ccccc2F)cc1. The molecule has 0 aliphatic heterocycles. The maximum atomic E-state index is 13.8. The standard InChI is InChI=1S/C18H19FO3S/c1-18(2,17(20)22-3)23(21)12-13-8-10-14(11-9-13)15-6-4-5-7-16(15)19/h4-11H,12H2,1-3H3. The second-order valence-electron chi connectivity index (χ2n) is 5.67. The molecule has 1 atom stereocenters. The van der Waals surface area contributed by atoms with Crippen LogP contribution in [0.5, 0.6) is 0 Å². The molecule has 2 rings (SSSR count). The number of halogens is 1. The lowest BCUT2D eigenvalue weighted by atomic mass is 10.0. The topological polar surface area (TPSA) is 43.4 Å². The van der Waals surface area contributed by atoms with Crippen molar-refractivity contribution in [1.29, 1.82) is 0 Å². The summed E-state index contributed by atoms with van der Waals surface area (Å²) in [4.78, 5) is 11.7. The summed E-state index contributed by atoms with van der Waals surface area (Å²) in [5, 5.41) is 0. The second-order valence-corrected chi connectivity index (χ2v) is 7.67. The van der Waals surface area contributed by atoms with E-state index in [0.717, 1.165) is 11.1 Å². The third kappa shape index (κ3) is 3.85. The molecule has 2 aromatic carbocycles. The smallest absolute Gasteiger partial charge is 0.324 e. The largest absolute Gasteiger partial charge is 0.468 e. The van der Waals surface area contributed by atoms with Crippen LogP contribution >= 0.6 is 0 Å². The van der Waals surface area contributed by atoms with E-state index in [2.05, 4.69) is 0 Å². The van der Waals surface area contributed by atoms with Crippen molar-refractivity contribution in [3.05, 3.63) is 59.9 Å². The highest BCUT2D eigenvalue weighted by Gasteiger charge is 2.35. The van der Waals surface area contributed by atoms with Gasteiger partial charge < -0.3 is 4.74 Å². The Morgan fingerprint density at radius 3 is 2.30 bits per heavy atom. The zero-order chi connectivity index (χ0) is 17.0. The molecule has 122 valence electrons. The van der Waals surface area contributed by atoms with E-state index in [1.165, 1.54) is 13.2 Å². The fraction of sp³-hybridized carbons (Fsp3) is 0.278. The maximum Gasteiger partial charge on any atom is 0.324 e. The Bertz CT molecular complexity index is 723. The van der Waals surface area contributed by atoms with Gasteiger partial charge in [0.05, 0.1) is 7.11 Å². The summed E-state index contributed by atoms with van der Waals surface area (Å²) in [5.41, 5.74) is 2.10. The van der Waals surface area contributed by atoms with Gasteiger partial charge in [-0.3, -0.25) is 9.00 Å². The first kappa shape index (κ1) is 17.3. The van der Waals surface area contributed by atoms with Gasteiger partial charge in [-0.15, -0.1) is 0 Å². The molecule has 0 spiro atoms. The zero-order valence-corrected chi connectivity index (χ0v) is 14.2. The minimum absolute atomic E-state index is 0.236. The number of ether oxygens (including phenoxy) is 1. The van der Waals surface area contributed by atoms with Crippen LogP contribution in [0, 0.1) is 5.82 Å². The van der Waals surface area contributed by atoms with Gasteiger partial charge >= 0.3 is 5.97 Å². The molecule has 0 fully saturated rings. The Hall–Kier alpha value is -2.01. The third-order valence-corrected chi connectivity index (χ3v) is 5.58. The van der Waals surface area contributed by atoms with Crippen molar-refractivity contribution in [2.24, 2.45) is 0 Å². The number of esters is 1. The lowest BCUT2D eigenvalue weighted by Crippen LogP contribution is -2.38. The van der Waals surface area contributed by atoms with Gasteiger partial charge in [0.1, 0.15) is 10.6 Å². The van der Waals surface area contributed by atoms with Crippen LogP contribution in [0.1, 0.15) is 19.4 Å². The van der Waals surface area contributed by atoms with Crippen LogP contribution in [0.3, 0.4) is 0 Å². The zero-order valence-electron chi connectivity index (χ0n) is 13.3. The fourth-order valence-electron chi connectivity index (χ4n) is 2.15. The van der Waals surface area contributed by atoms with Gasteiger partial charge in [0.2, 0.25) is 0 Å². The van der Waals surface area contributed by atoms with Gasteiger partial charge in [0.15, 0.2) is 0 Å². The Kier molecular flexibility index (Phi) is 5.31. The van der Waals surface area contributed by atoms with Crippen molar-refractivity contribution in [3.8, 4) is 11.1 Å². The molecular weight excluding hydrogens is 315 g/mol. The van der Waals surface area contributed by atoms with E-state index in [-0.39, 0.29) is 11.6 Å². The molecule has 0 aliphatic rings. The average molecular weight is 334 g/mol. The minimum Gasteiger partial charge on any atom is -0.468 e. The van der Waals surface area contributed by atoms with E-state index in [0.29, 0.717) is 5.56 Å². The lowest BCUT2D eigenvalue weighted by Gasteiger charge is -2.20. The summed E-state index contributed by atoms with van der Waals surface area (Å²) in [6.07, 6.45) is 0. The van der Waals surface area contributed by atoms with E-state index >= 15 is 0 Å². The van der Waals surface area contributed by atoms with Gasteiger partial charge in [-0.25, -0.2) is 4.39 Å². The number of carbonyl (C=O) groups is 1. The number of methoxy groups -OCH3 is 1. The number of carbonyl (C=O) groups excluding carboxylic acids is 1. The molecule has 0 amide bonds. The predicted molar refractivity (Wildman–Crippen MR) is 89.8 cm³/mol. The Morgan fingerprint density at radius 2 is 1.74 bits per heavy atom. The van der Waals surface area contributed by atoms with Crippen molar-refractivity contribution >= 4 is 16.8 Å². The predicted octanol–water partition coefficient (Wildman–Crippen LogP) is 3.69. The molecule has 0 radical (unpaired) electrons. The Balaban J connectivity index is 2.16. The Morgan fingerprint density at radius 1 is 1.13 bits per heavy atom. The van der Waals surface area contributed by atoms with Crippen LogP contribution in [-0.2, 0) is 26.1 Å². The average Bonchev–Trinajstić information content (AvgIpc) is 2.55. The lowest BCUT2D eigenvalue weighted by molar-refractivity contribution is -0.142. The minimum atomic E-state index is -1.42. The molecule has 1 unspecified atom stereocenters. The third-order valence-electron chi connectivity index (χ3n) is 3.68. The highest BCUT2D eigenvalue weighted by atomic mass is 32.2. The van der Waals surface area contributed by atoms with E-state index in [1.807, 2.05) is 0 Å². The molecule has 0 saturated carbocycles. The molecule has 0 bridgehead atoms. The van der Waals surface area contributed by atoms with Gasteiger partial charge in [0, 0.05) is 22.1 Å². The summed E-state index contributed by atoms with van der Waals surface area (Å²) in [5.74, 6) is -0.547. The number of rotatable bonds is 5. The van der Waals surface area contributed by atoms with E-state index in [1.54, 1.807) is 56.3 Å². The first-order valence-electron chi connectivity index (χ1n) is 7.17. The van der Waals surface area contributed by atoms with E-state index in [9.17, 15) is 13.4 Å². The Labute approximate surface area is 137 Å². The monoisotopic (exact) mass is 334 g/mol. The first-order valence-corrected chi connectivity index (χ1v) is 8.49. The van der Waals surface area contributed by atoms with Crippen molar-refractivity contribution in [1.82, 2.24) is 0 Å². The number of hydrogen-bond donors (Lipinski definition) is 0. The normalized spacial score (nSPS) is 12.7. The van der Waals surface area contributed by atoms with Crippen molar-refractivity contribution in [2.45, 2.75) is 24.3 Å². The summed E-state index contributed by atoms with van der Waals surface area (Å²) >= 11 is 0. The van der Waals surface area contributed by atoms with Gasteiger partial charge in [-0.1, -0.05) is 42.5 Å². The van der Waals surface area contributed by atoms with Crippen LogP contribution in [0.2, 0.25) is 0 Å². The summed E-state index contributed by atoms with van der Waals surface area (Å²) in [6.45, 7) is 3.20. The molecule has 0 saturated heterocycles. The summed E-state index contributed by atoms with van der Waals surface area (Å²) < 4.78 is 29.8. The summed E-state index contributed by atoms with van der Waals surface area (Å²) in [6, 6.07) is 13.7. The second kappa shape index (κ2) is 7.04. The highest BCUT2D eigenvalue weighted by molar-refractivity contribution is 7.86. The molecule has 0 aromatic heterocycles. The molecule has 5 heteroatoms. The van der Waals surface area contributed by atoms with Crippen molar-refractivity contribution in [2.75, 3.05) is 7.11 Å². The number of hydrogen-bond acceptors (Lipinski definition) is 3. The van der Waals surface area contributed by atoms with Crippen LogP contribution < -0.4 is 0 Å². The maximum absolute atomic E-state index is 13.8. The molecule has 23 heavy (non-hydrogen) atoms. The first-order chi connectivity index (χ1) is 10.9. The van der Waals surface area contributed by atoms with Crippen LogP contribution in [0.4, 0.5) is 4.39 Å². The highest BCUT2D eigenvalue weighted by Crippen LogP contribution is 2.24. The van der Waals surface area contributed by atoms with Crippen molar-refractivity contribution in [3.63, 3.8) is 0 Å². The molecule has 0 N–H and O–H groups in total. The van der Waals surface area contributed by atoms with Crippen molar-refractivity contribution < 1.29 is 18.1 Å². The van der Waals surface area contributed by atoms with Crippen LogP contribution in [-0.4, -0.2) is 22.0 Å². The molecule has 0 heterocycles. The quantitative estimate of drug-likeness (QED) is 0.783. The molecule has 2 aromatic rings. The van der Waals surface area contributed by atoms with Crippen LogP contribution in [0.25, 0.3) is 11.1 Å². The van der Waals surface area contributed by atoms with E-state index < -0.39 is 21.5 Å². The molecule has 0 aliphatic carbocycles. The molecular formula is C18H19FO3S. The van der Waals surface area contributed by atoms with E-state index in [4.69, 9.17) is 4.74 Å². The number of benzene rings is 2. The summed E-state index contributed by atoms with van der Waals surface area (Å²) in [7, 11) is -0.133. The molecule has 3 nitrogen and oxygen atoms in total. The van der Waals surface area contributed by atoms with Gasteiger partial charge in [0.25, 0.3) is 0 Å². The van der Waals surface area contributed by atoms with Crippen LogP contribution in [0.15, 0.2) is 48.5 Å². The van der Waals surface area contributed by atoms with Gasteiger partial charge in [-0.05, 0) is 31.0 Å². The van der Waals surface area contributed by atoms with Gasteiger partial charge in [-0.2, -0.15) is 0 Å².